The summed E-state index contributed by atoms with van der Waals surface area (Å²) in [6.07, 6.45) is 4.69. The molecule has 1 amide bonds. The maximum atomic E-state index is 15.7. The number of carbonyl (C=O) groups excluding carboxylic acids is 1. The number of carboxylic acid groups (broad SMARTS) is 1. The number of sulfonamides is 1. The molecule has 0 spiro atoms. The Morgan fingerprint density at radius 3 is 2.24 bits per heavy atom. The van der Waals surface area contributed by atoms with Gasteiger partial charge in [-0.1, -0.05) is 45.0 Å². The van der Waals surface area contributed by atoms with Gasteiger partial charge in [-0.2, -0.15) is 4.72 Å². The number of hydrogen-bond donors (Lipinski definition) is 4. The first-order valence-corrected chi connectivity index (χ1v) is 15.0. The molecular formula is C29H35FN6O5S. The van der Waals surface area contributed by atoms with Crippen molar-refractivity contribution < 1.29 is 27.5 Å². The van der Waals surface area contributed by atoms with Crippen molar-refractivity contribution in [2.75, 3.05) is 29.9 Å². The molecule has 3 aromatic rings. The minimum atomic E-state index is -4.29. The van der Waals surface area contributed by atoms with Gasteiger partial charge >= 0.3 is 5.97 Å². The van der Waals surface area contributed by atoms with Crippen LogP contribution in [-0.4, -0.2) is 66.6 Å². The summed E-state index contributed by atoms with van der Waals surface area (Å²) in [6.45, 7) is 5.07. The lowest BCUT2D eigenvalue weighted by molar-refractivity contribution is -0.148. The van der Waals surface area contributed by atoms with Crippen LogP contribution in [-0.2, 0) is 14.8 Å². The second-order valence-electron chi connectivity index (χ2n) is 11.2. The van der Waals surface area contributed by atoms with E-state index >= 15 is 4.39 Å². The number of nitrogens with one attached hydrogen (secondary N) is 3. The molecule has 0 bridgehead atoms. The van der Waals surface area contributed by atoms with Crippen LogP contribution in [0.2, 0.25) is 0 Å². The van der Waals surface area contributed by atoms with Gasteiger partial charge in [0.2, 0.25) is 16.0 Å². The van der Waals surface area contributed by atoms with E-state index in [1.54, 1.807) is 57.4 Å². The van der Waals surface area contributed by atoms with Crippen LogP contribution in [0, 0.1) is 11.2 Å². The van der Waals surface area contributed by atoms with E-state index in [1.165, 1.54) is 30.3 Å². The van der Waals surface area contributed by atoms with Gasteiger partial charge in [-0.3, -0.25) is 9.59 Å². The maximum Gasteiger partial charge on any atom is 0.327 e. The molecule has 0 aliphatic carbocycles. The Labute approximate surface area is 244 Å². The highest BCUT2D eigenvalue weighted by atomic mass is 32.2. The lowest BCUT2D eigenvalue weighted by atomic mass is 9.74. The molecule has 1 aliphatic heterocycles. The molecule has 1 atom stereocenters. The molecule has 0 radical (unpaired) electrons. The Kier molecular flexibility index (Phi) is 9.12. The predicted molar refractivity (Wildman–Crippen MR) is 156 cm³/mol. The summed E-state index contributed by atoms with van der Waals surface area (Å²) < 4.78 is 44.3. The fourth-order valence-corrected chi connectivity index (χ4v) is 6.41. The van der Waals surface area contributed by atoms with E-state index in [2.05, 4.69) is 25.3 Å². The largest absolute Gasteiger partial charge is 0.480 e. The number of carbonyl (C=O) groups is 2. The summed E-state index contributed by atoms with van der Waals surface area (Å²) in [5, 5.41) is 16.0. The van der Waals surface area contributed by atoms with E-state index in [-0.39, 0.29) is 22.2 Å². The first-order valence-electron chi connectivity index (χ1n) is 13.5. The second-order valence-corrected chi connectivity index (χ2v) is 12.9. The van der Waals surface area contributed by atoms with Gasteiger partial charge in [0.1, 0.15) is 0 Å². The van der Waals surface area contributed by atoms with Gasteiger partial charge in [0.15, 0.2) is 11.4 Å². The van der Waals surface area contributed by atoms with Crippen LogP contribution in [0.5, 0.6) is 0 Å². The molecule has 1 saturated heterocycles. The summed E-state index contributed by atoms with van der Waals surface area (Å²) in [7, 11) is -4.29. The van der Waals surface area contributed by atoms with E-state index in [9.17, 15) is 23.1 Å². The molecule has 2 heterocycles. The van der Waals surface area contributed by atoms with E-state index in [0.29, 0.717) is 31.9 Å². The number of benzene rings is 2. The molecule has 4 rings (SSSR count). The second kappa shape index (κ2) is 12.4. The number of nitrogens with zero attached hydrogens (tertiary/aromatic N) is 3. The average Bonchev–Trinajstić information content (AvgIpc) is 2.96. The quantitative estimate of drug-likeness (QED) is 0.275. The van der Waals surface area contributed by atoms with E-state index in [0.717, 1.165) is 0 Å². The van der Waals surface area contributed by atoms with E-state index in [4.69, 9.17) is 0 Å². The van der Waals surface area contributed by atoms with Crippen LogP contribution in [0.3, 0.4) is 0 Å². The number of hydrogen-bond acceptors (Lipinski definition) is 8. The predicted octanol–water partition coefficient (Wildman–Crippen LogP) is 3.27. The van der Waals surface area contributed by atoms with E-state index < -0.39 is 45.2 Å². The molecule has 4 N–H and O–H groups in total. The van der Waals surface area contributed by atoms with Crippen LogP contribution in [0.25, 0.3) is 0 Å². The summed E-state index contributed by atoms with van der Waals surface area (Å²) in [6, 6.07) is 13.6. The van der Waals surface area contributed by atoms with Gasteiger partial charge in [-0.25, -0.2) is 22.8 Å². The summed E-state index contributed by atoms with van der Waals surface area (Å²) in [5.74, 6) is -2.56. The molecule has 1 aromatic heterocycles. The Bertz CT molecular complexity index is 1510. The number of amides is 1. The number of anilines is 2. The van der Waals surface area contributed by atoms with Gasteiger partial charge in [-0.05, 0) is 48.6 Å². The summed E-state index contributed by atoms with van der Waals surface area (Å²) in [5.41, 5.74) is -3.37. The molecule has 224 valence electrons. The molecule has 42 heavy (non-hydrogen) atoms. The summed E-state index contributed by atoms with van der Waals surface area (Å²) >= 11 is 0. The minimum Gasteiger partial charge on any atom is -0.480 e. The SMILES string of the molecule is CC(C)(C)[C@](CNC(=O)c1cccc(N2CCC(Nc3ncccn3)CC2)c1F)(NS(=O)(=O)c1ccccc1)C(=O)O. The van der Waals surface area contributed by atoms with Gasteiger partial charge in [0.25, 0.3) is 5.91 Å². The number of halogens is 1. The van der Waals surface area contributed by atoms with Gasteiger partial charge in [0, 0.05) is 38.1 Å². The fraction of sp³-hybridized carbons (Fsp3) is 0.379. The number of aliphatic carboxylic acids is 1. The van der Waals surface area contributed by atoms with Crippen LogP contribution in [0.1, 0.15) is 44.0 Å². The number of carboxylic acids is 1. The third-order valence-corrected chi connectivity index (χ3v) is 8.99. The molecule has 0 saturated carbocycles. The standard InChI is InChI=1S/C29H35FN6O5S/c1-28(2,3)29(26(38)39,35-42(40,41)21-9-5-4-6-10-21)19-33-25(37)22-11-7-12-23(24(22)30)36-17-13-20(14-18-36)34-27-31-15-8-16-32-27/h4-12,15-16,20,35H,13-14,17-19H2,1-3H3,(H,33,37)(H,38,39)(H,31,32,34)/t29-/m1/s1. The smallest absolute Gasteiger partial charge is 0.327 e. The Balaban J connectivity index is 1.49. The maximum absolute atomic E-state index is 15.7. The lowest BCUT2D eigenvalue weighted by Crippen LogP contribution is -2.67. The van der Waals surface area contributed by atoms with E-state index in [1.807, 2.05) is 4.90 Å². The average molecular weight is 599 g/mol. The zero-order valence-corrected chi connectivity index (χ0v) is 24.5. The van der Waals surface area contributed by atoms with Crippen molar-refractivity contribution in [2.24, 2.45) is 5.41 Å². The van der Waals surface area contributed by atoms with Crippen molar-refractivity contribution in [1.29, 1.82) is 0 Å². The lowest BCUT2D eigenvalue weighted by Gasteiger charge is -2.41. The Morgan fingerprint density at radius 2 is 1.64 bits per heavy atom. The molecule has 13 heteroatoms. The minimum absolute atomic E-state index is 0.111. The molecule has 1 fully saturated rings. The normalized spacial score (nSPS) is 16.0. The van der Waals surface area contributed by atoms with Gasteiger partial charge < -0.3 is 20.6 Å². The van der Waals surface area contributed by atoms with Crippen molar-refractivity contribution in [3.63, 3.8) is 0 Å². The highest BCUT2D eigenvalue weighted by molar-refractivity contribution is 7.89. The molecular weight excluding hydrogens is 563 g/mol. The van der Waals surface area contributed by atoms with Crippen LogP contribution in [0.15, 0.2) is 71.9 Å². The third kappa shape index (κ3) is 6.68. The number of piperidine rings is 1. The monoisotopic (exact) mass is 598 g/mol. The van der Waals surface area contributed by atoms with Crippen molar-refractivity contribution >= 4 is 33.5 Å². The van der Waals surface area contributed by atoms with Gasteiger partial charge in [-0.15, -0.1) is 0 Å². The molecule has 2 aromatic carbocycles. The van der Waals surface area contributed by atoms with Crippen LogP contribution >= 0.6 is 0 Å². The van der Waals surface area contributed by atoms with Gasteiger partial charge in [0.05, 0.1) is 16.1 Å². The molecule has 1 aliphatic rings. The number of aromatic nitrogens is 2. The molecule has 11 nitrogen and oxygen atoms in total. The van der Waals surface area contributed by atoms with Crippen molar-refractivity contribution in [1.82, 2.24) is 20.0 Å². The highest BCUT2D eigenvalue weighted by Gasteiger charge is 2.52. The van der Waals surface area contributed by atoms with Crippen molar-refractivity contribution in [3.05, 3.63) is 78.4 Å². The first-order chi connectivity index (χ1) is 19.8. The zero-order chi connectivity index (χ0) is 30.5. The Hall–Kier alpha value is -4.10. The summed E-state index contributed by atoms with van der Waals surface area (Å²) in [4.78, 5) is 35.9. The third-order valence-electron chi connectivity index (χ3n) is 7.48. The molecule has 0 unspecified atom stereocenters. The zero-order valence-electron chi connectivity index (χ0n) is 23.7. The van der Waals surface area contributed by atoms with Crippen molar-refractivity contribution in [3.8, 4) is 0 Å². The first kappa shape index (κ1) is 30.8. The van der Waals surface area contributed by atoms with Crippen LogP contribution in [0.4, 0.5) is 16.0 Å². The fourth-order valence-electron chi connectivity index (χ4n) is 4.85. The van der Waals surface area contributed by atoms with Crippen LogP contribution < -0.4 is 20.3 Å². The van der Waals surface area contributed by atoms with Crippen molar-refractivity contribution in [2.45, 2.75) is 50.1 Å². The highest BCUT2D eigenvalue weighted by Crippen LogP contribution is 2.33. The topological polar surface area (TPSA) is 154 Å². The number of rotatable bonds is 10. The Morgan fingerprint density at radius 1 is 1.00 bits per heavy atom.